The van der Waals surface area contributed by atoms with Gasteiger partial charge in [0, 0.05) is 18.3 Å². The topological polar surface area (TPSA) is 83.4 Å². The lowest BCUT2D eigenvalue weighted by molar-refractivity contribution is 0.460. The van der Waals surface area contributed by atoms with E-state index in [-0.39, 0.29) is 11.5 Å². The third kappa shape index (κ3) is 3.49. The number of pyridine rings is 1. The van der Waals surface area contributed by atoms with E-state index in [1.807, 2.05) is 0 Å². The average molecular weight is 311 g/mol. The molecule has 0 bridgehead atoms. The Morgan fingerprint density at radius 3 is 2.35 bits per heavy atom. The van der Waals surface area contributed by atoms with E-state index in [2.05, 4.69) is 4.98 Å². The maximum Gasteiger partial charge on any atom is 0.156 e. The molecule has 116 valence electrons. The van der Waals surface area contributed by atoms with Crippen LogP contribution in [0.25, 0.3) is 0 Å². The van der Waals surface area contributed by atoms with Gasteiger partial charge in [-0.05, 0) is 36.4 Å². The van der Waals surface area contributed by atoms with Crippen molar-refractivity contribution in [2.75, 3.05) is 11.5 Å². The van der Waals surface area contributed by atoms with Crippen molar-refractivity contribution >= 4 is 11.4 Å². The van der Waals surface area contributed by atoms with E-state index in [0.29, 0.717) is 28.7 Å². The van der Waals surface area contributed by atoms with E-state index in [1.165, 1.54) is 24.3 Å². The number of hydrogen-bond donors (Lipinski definition) is 2. The first-order chi connectivity index (χ1) is 11.1. The van der Waals surface area contributed by atoms with Gasteiger partial charge in [-0.15, -0.1) is 0 Å². The van der Waals surface area contributed by atoms with Crippen LogP contribution >= 0.6 is 0 Å². The monoisotopic (exact) mass is 311 g/mol. The molecule has 0 unspecified atom stereocenters. The van der Waals surface area contributed by atoms with Crippen molar-refractivity contribution < 1.29 is 13.9 Å². The van der Waals surface area contributed by atoms with Gasteiger partial charge >= 0.3 is 0 Å². The predicted molar refractivity (Wildman–Crippen MR) is 86.1 cm³/mol. The highest BCUT2D eigenvalue weighted by Crippen LogP contribution is 2.37. The minimum Gasteiger partial charge on any atom is -0.456 e. The van der Waals surface area contributed by atoms with Crippen molar-refractivity contribution in [2.45, 2.75) is 0 Å². The maximum absolute atomic E-state index is 12.9. The average Bonchev–Trinajstić information content (AvgIpc) is 2.55. The van der Waals surface area contributed by atoms with Gasteiger partial charge in [-0.25, -0.2) is 4.39 Å². The van der Waals surface area contributed by atoms with Crippen molar-refractivity contribution in [3.8, 4) is 23.0 Å². The Morgan fingerprint density at radius 2 is 1.65 bits per heavy atom. The molecule has 0 spiro atoms. The van der Waals surface area contributed by atoms with Crippen LogP contribution in [0.15, 0.2) is 60.9 Å². The molecule has 0 saturated carbocycles. The lowest BCUT2D eigenvalue weighted by Crippen LogP contribution is -1.99. The number of nitrogens with two attached hydrogens (primary N) is 2. The third-order valence-corrected chi connectivity index (χ3v) is 3.06. The normalized spacial score (nSPS) is 10.3. The molecular weight excluding hydrogens is 297 g/mol. The Bertz CT molecular complexity index is 808. The van der Waals surface area contributed by atoms with Gasteiger partial charge in [-0.2, -0.15) is 0 Å². The second-order valence-corrected chi connectivity index (χ2v) is 4.77. The maximum atomic E-state index is 12.9. The quantitative estimate of drug-likeness (QED) is 0.712. The first-order valence-electron chi connectivity index (χ1n) is 6.82. The third-order valence-electron chi connectivity index (χ3n) is 3.06. The summed E-state index contributed by atoms with van der Waals surface area (Å²) in [5.41, 5.74) is 12.4. The largest absolute Gasteiger partial charge is 0.456 e. The highest BCUT2D eigenvalue weighted by atomic mass is 19.1. The lowest BCUT2D eigenvalue weighted by Gasteiger charge is -2.13. The van der Waals surface area contributed by atoms with Gasteiger partial charge in [0.05, 0.1) is 17.6 Å². The predicted octanol–water partition coefficient (Wildman–Crippen LogP) is 3.97. The molecule has 1 heterocycles. The fourth-order valence-electron chi connectivity index (χ4n) is 1.94. The Labute approximate surface area is 132 Å². The van der Waals surface area contributed by atoms with Crippen LogP contribution in [-0.4, -0.2) is 4.98 Å². The van der Waals surface area contributed by atoms with E-state index in [4.69, 9.17) is 20.9 Å². The molecule has 0 aliphatic heterocycles. The van der Waals surface area contributed by atoms with Crippen molar-refractivity contribution in [1.82, 2.24) is 4.98 Å². The first kappa shape index (κ1) is 14.6. The summed E-state index contributed by atoms with van der Waals surface area (Å²) in [6.07, 6.45) is 3.22. The van der Waals surface area contributed by atoms with Crippen molar-refractivity contribution in [2.24, 2.45) is 0 Å². The fourth-order valence-corrected chi connectivity index (χ4v) is 1.94. The Morgan fingerprint density at radius 1 is 0.870 bits per heavy atom. The summed E-state index contributed by atoms with van der Waals surface area (Å²) in [6, 6.07) is 12.3. The zero-order valence-corrected chi connectivity index (χ0v) is 12.1. The van der Waals surface area contributed by atoms with Gasteiger partial charge in [0.2, 0.25) is 0 Å². The van der Waals surface area contributed by atoms with Crippen molar-refractivity contribution in [3.63, 3.8) is 0 Å². The zero-order chi connectivity index (χ0) is 16.2. The molecule has 23 heavy (non-hydrogen) atoms. The molecule has 0 saturated heterocycles. The Balaban J connectivity index is 1.89. The van der Waals surface area contributed by atoms with E-state index < -0.39 is 0 Å². The lowest BCUT2D eigenvalue weighted by atomic mass is 10.2. The number of nitrogen functional groups attached to an aromatic ring is 2. The van der Waals surface area contributed by atoms with E-state index in [1.54, 1.807) is 36.7 Å². The smallest absolute Gasteiger partial charge is 0.156 e. The molecule has 0 amide bonds. The van der Waals surface area contributed by atoms with Gasteiger partial charge in [-0.3, -0.25) is 4.98 Å². The van der Waals surface area contributed by atoms with Gasteiger partial charge < -0.3 is 20.9 Å². The van der Waals surface area contributed by atoms with Crippen LogP contribution in [0.3, 0.4) is 0 Å². The number of halogens is 1. The standard InChI is InChI=1S/C17H14FN3O2/c18-11-3-5-12(6-4-11)23-16-9-14(8-15(19)17(16)20)22-13-2-1-7-21-10-13/h1-10H,19-20H2. The SMILES string of the molecule is Nc1cc(Oc2cccnc2)cc(Oc2ccc(F)cc2)c1N. The highest BCUT2D eigenvalue weighted by Gasteiger charge is 2.10. The van der Waals surface area contributed by atoms with Crippen LogP contribution in [0.1, 0.15) is 0 Å². The molecule has 0 fully saturated rings. The minimum atomic E-state index is -0.349. The van der Waals surface area contributed by atoms with Gasteiger partial charge in [-0.1, -0.05) is 0 Å². The summed E-state index contributed by atoms with van der Waals surface area (Å²) in [5.74, 6) is 1.44. The molecule has 6 heteroatoms. The van der Waals surface area contributed by atoms with Crippen LogP contribution in [0, 0.1) is 5.82 Å². The molecular formula is C17H14FN3O2. The molecule has 4 N–H and O–H groups in total. The number of nitrogens with zero attached hydrogens (tertiary/aromatic N) is 1. The van der Waals surface area contributed by atoms with Crippen LogP contribution in [0.5, 0.6) is 23.0 Å². The molecule has 2 aromatic carbocycles. The second kappa shape index (κ2) is 6.23. The Hall–Kier alpha value is -3.28. The number of anilines is 2. The molecule has 0 radical (unpaired) electrons. The summed E-state index contributed by atoms with van der Waals surface area (Å²) in [6.45, 7) is 0. The minimum absolute atomic E-state index is 0.285. The van der Waals surface area contributed by atoms with Crippen LogP contribution < -0.4 is 20.9 Å². The number of ether oxygens (including phenoxy) is 2. The number of benzene rings is 2. The van der Waals surface area contributed by atoms with E-state index >= 15 is 0 Å². The van der Waals surface area contributed by atoms with Gasteiger partial charge in [0.1, 0.15) is 23.1 Å². The fraction of sp³-hybridized carbons (Fsp3) is 0. The molecule has 3 aromatic rings. The molecule has 0 aliphatic carbocycles. The summed E-state index contributed by atoms with van der Waals surface area (Å²) in [5, 5.41) is 0. The summed E-state index contributed by atoms with van der Waals surface area (Å²) in [4.78, 5) is 3.97. The van der Waals surface area contributed by atoms with E-state index in [9.17, 15) is 4.39 Å². The number of rotatable bonds is 4. The van der Waals surface area contributed by atoms with Gasteiger partial charge in [0.15, 0.2) is 5.75 Å². The van der Waals surface area contributed by atoms with Crippen LogP contribution in [-0.2, 0) is 0 Å². The second-order valence-electron chi connectivity index (χ2n) is 4.77. The molecule has 5 nitrogen and oxygen atoms in total. The van der Waals surface area contributed by atoms with Crippen LogP contribution in [0.4, 0.5) is 15.8 Å². The summed E-state index contributed by atoms with van der Waals surface area (Å²) < 4.78 is 24.3. The van der Waals surface area contributed by atoms with Crippen molar-refractivity contribution in [3.05, 3.63) is 66.7 Å². The van der Waals surface area contributed by atoms with Crippen LogP contribution in [0.2, 0.25) is 0 Å². The molecule has 3 rings (SSSR count). The van der Waals surface area contributed by atoms with E-state index in [0.717, 1.165) is 0 Å². The highest BCUT2D eigenvalue weighted by molar-refractivity contribution is 5.73. The van der Waals surface area contributed by atoms with Gasteiger partial charge in [0.25, 0.3) is 0 Å². The summed E-state index contributed by atoms with van der Waals surface area (Å²) in [7, 11) is 0. The summed E-state index contributed by atoms with van der Waals surface area (Å²) >= 11 is 0. The molecule has 1 aromatic heterocycles. The molecule has 0 aliphatic rings. The Kier molecular flexibility index (Phi) is 3.97. The first-order valence-corrected chi connectivity index (χ1v) is 6.82. The molecule has 0 atom stereocenters. The number of aromatic nitrogens is 1. The van der Waals surface area contributed by atoms with Crippen molar-refractivity contribution in [1.29, 1.82) is 0 Å². The number of hydrogen-bond acceptors (Lipinski definition) is 5. The zero-order valence-electron chi connectivity index (χ0n) is 12.1.